The van der Waals surface area contributed by atoms with Gasteiger partial charge in [-0.25, -0.2) is 0 Å². The first kappa shape index (κ1) is 12.4. The van der Waals surface area contributed by atoms with Gasteiger partial charge in [0.1, 0.15) is 0 Å². The first-order valence-electron chi connectivity index (χ1n) is 3.83. The van der Waals surface area contributed by atoms with Gasteiger partial charge in [-0.2, -0.15) is 13.1 Å². The fraction of sp³-hybridized carbons (Fsp3) is 1.00. The maximum absolute atomic E-state index is 10.3. The molecule has 2 N–H and O–H groups in total. The molecule has 0 aromatic heterocycles. The summed E-state index contributed by atoms with van der Waals surface area (Å²) in [4.78, 5) is 0. The summed E-state index contributed by atoms with van der Waals surface area (Å²) in [5.74, 6) is 0. The molecule has 6 heteroatoms. The molecular weight excluding hydrogens is 225 g/mol. The fourth-order valence-corrected chi connectivity index (χ4v) is 2.09. The Morgan fingerprint density at radius 2 is 1.67 bits per heavy atom. The molecule has 1 aliphatic rings. The van der Waals surface area contributed by atoms with Crippen LogP contribution in [0.15, 0.2) is 0 Å². The van der Waals surface area contributed by atoms with Crippen molar-refractivity contribution in [3.05, 3.63) is 0 Å². The van der Waals surface area contributed by atoms with Crippen molar-refractivity contribution in [1.29, 1.82) is 0 Å². The zero-order valence-electron chi connectivity index (χ0n) is 6.60. The van der Waals surface area contributed by atoms with E-state index in [4.69, 9.17) is 4.55 Å². The van der Waals surface area contributed by atoms with Crippen LogP contribution in [0.5, 0.6) is 0 Å². The Labute approximate surface area is 82.9 Å². The fourth-order valence-electron chi connectivity index (χ4n) is 1.43. The average molecular weight is 238 g/mol. The molecule has 0 saturated heterocycles. The van der Waals surface area contributed by atoms with E-state index >= 15 is 0 Å². The molecule has 0 radical (unpaired) electrons. The van der Waals surface area contributed by atoms with E-state index in [0.29, 0.717) is 0 Å². The Bertz CT molecular complexity index is 211. The van der Waals surface area contributed by atoms with Gasteiger partial charge in [-0.05, 0) is 12.8 Å². The van der Waals surface area contributed by atoms with Gasteiger partial charge >= 0.3 is 10.3 Å². The van der Waals surface area contributed by atoms with Crippen LogP contribution in [-0.4, -0.2) is 19.0 Å². The predicted octanol–water partition coefficient (Wildman–Crippen LogP) is 0.709. The molecular formula is C6H13NNiO3S. The van der Waals surface area contributed by atoms with Crippen molar-refractivity contribution < 1.29 is 29.5 Å². The van der Waals surface area contributed by atoms with Gasteiger partial charge in [-0.1, -0.05) is 19.3 Å². The Balaban J connectivity index is 0.00000121. The van der Waals surface area contributed by atoms with Gasteiger partial charge in [0.2, 0.25) is 0 Å². The number of rotatable bonds is 2. The molecule has 1 aliphatic carbocycles. The number of hydrogen-bond acceptors (Lipinski definition) is 2. The molecule has 76 valence electrons. The smallest absolute Gasteiger partial charge is 0.273 e. The van der Waals surface area contributed by atoms with Crippen LogP contribution >= 0.6 is 0 Å². The Hall–Kier alpha value is 0.364. The van der Waals surface area contributed by atoms with Crippen LogP contribution < -0.4 is 4.72 Å². The second kappa shape index (κ2) is 5.17. The van der Waals surface area contributed by atoms with Crippen LogP contribution in [0, 0.1) is 0 Å². The third-order valence-electron chi connectivity index (χ3n) is 1.92. The zero-order valence-corrected chi connectivity index (χ0v) is 8.41. The molecule has 0 heterocycles. The van der Waals surface area contributed by atoms with Crippen LogP contribution in [0.1, 0.15) is 32.1 Å². The van der Waals surface area contributed by atoms with Crippen LogP contribution in [0.3, 0.4) is 0 Å². The van der Waals surface area contributed by atoms with Crippen molar-refractivity contribution in [2.24, 2.45) is 0 Å². The molecule has 0 amide bonds. The first-order valence-corrected chi connectivity index (χ1v) is 5.27. The van der Waals surface area contributed by atoms with E-state index in [9.17, 15) is 8.42 Å². The summed E-state index contributed by atoms with van der Waals surface area (Å²) >= 11 is 0. The van der Waals surface area contributed by atoms with Crippen molar-refractivity contribution in [3.63, 3.8) is 0 Å². The summed E-state index contributed by atoms with van der Waals surface area (Å²) in [7, 11) is -3.97. The largest absolute Gasteiger partial charge is 0.333 e. The molecule has 0 unspecified atom stereocenters. The van der Waals surface area contributed by atoms with Gasteiger partial charge in [-0.15, -0.1) is 0 Å². The molecule has 1 rings (SSSR count). The van der Waals surface area contributed by atoms with E-state index in [2.05, 4.69) is 4.72 Å². The summed E-state index contributed by atoms with van der Waals surface area (Å²) in [5.41, 5.74) is 0. The number of nitrogens with one attached hydrogen (secondary N) is 1. The molecule has 1 saturated carbocycles. The predicted molar refractivity (Wildman–Crippen MR) is 41.6 cm³/mol. The van der Waals surface area contributed by atoms with Crippen molar-refractivity contribution in [1.82, 2.24) is 4.72 Å². The van der Waals surface area contributed by atoms with Gasteiger partial charge < -0.3 is 0 Å². The Kier molecular flexibility index (Phi) is 5.33. The monoisotopic (exact) mass is 237 g/mol. The van der Waals surface area contributed by atoms with Gasteiger partial charge in [0, 0.05) is 22.5 Å². The Morgan fingerprint density at radius 1 is 1.17 bits per heavy atom. The zero-order chi connectivity index (χ0) is 8.32. The van der Waals surface area contributed by atoms with Gasteiger partial charge in [-0.3, -0.25) is 4.55 Å². The maximum Gasteiger partial charge on any atom is 0.333 e. The average Bonchev–Trinajstić information content (AvgIpc) is 1.85. The molecule has 4 nitrogen and oxygen atoms in total. The molecule has 0 aliphatic heterocycles. The first-order chi connectivity index (χ1) is 5.08. The van der Waals surface area contributed by atoms with Crippen molar-refractivity contribution >= 4 is 10.3 Å². The minimum absolute atomic E-state index is 0. The second-order valence-corrected chi connectivity index (χ2v) is 4.11. The topological polar surface area (TPSA) is 66.4 Å². The molecule has 12 heavy (non-hydrogen) atoms. The van der Waals surface area contributed by atoms with Crippen LogP contribution in [0.25, 0.3) is 0 Å². The number of hydrogen-bond donors (Lipinski definition) is 2. The van der Waals surface area contributed by atoms with Gasteiger partial charge in [0.15, 0.2) is 0 Å². The van der Waals surface area contributed by atoms with Crippen molar-refractivity contribution in [2.75, 3.05) is 0 Å². The summed E-state index contributed by atoms with van der Waals surface area (Å²) in [6, 6.07) is -0.0428. The van der Waals surface area contributed by atoms with Crippen LogP contribution in [0.2, 0.25) is 0 Å². The minimum atomic E-state index is -3.97. The third-order valence-corrected chi connectivity index (χ3v) is 2.55. The van der Waals surface area contributed by atoms with Crippen molar-refractivity contribution in [2.45, 2.75) is 38.1 Å². The van der Waals surface area contributed by atoms with E-state index in [1.165, 1.54) is 6.42 Å². The third kappa shape index (κ3) is 5.09. The van der Waals surface area contributed by atoms with Crippen LogP contribution in [-0.2, 0) is 26.8 Å². The van der Waals surface area contributed by atoms with E-state index < -0.39 is 10.3 Å². The standard InChI is InChI=1S/C6H13NO3S.Ni/c8-11(9,10)7-6-4-2-1-3-5-6;/h6-7H,1-5H2,(H,8,9,10);. The Morgan fingerprint density at radius 3 is 2.08 bits per heavy atom. The summed E-state index contributed by atoms with van der Waals surface area (Å²) in [5, 5.41) is 0. The van der Waals surface area contributed by atoms with Crippen LogP contribution in [0.4, 0.5) is 0 Å². The summed E-state index contributed by atoms with van der Waals surface area (Å²) in [6.07, 6.45) is 4.96. The van der Waals surface area contributed by atoms with E-state index in [1.807, 2.05) is 0 Å². The van der Waals surface area contributed by atoms with Crippen molar-refractivity contribution in [3.8, 4) is 0 Å². The summed E-state index contributed by atoms with van der Waals surface area (Å²) in [6.45, 7) is 0. The van der Waals surface area contributed by atoms with E-state index in [1.54, 1.807) is 0 Å². The maximum atomic E-state index is 10.3. The molecule has 0 spiro atoms. The SMILES string of the molecule is O=S(=O)(O)NC1CCCCC1.[Ni]. The molecule has 1 fully saturated rings. The van der Waals surface area contributed by atoms with Gasteiger partial charge in [0.25, 0.3) is 0 Å². The molecule has 0 aromatic rings. The summed E-state index contributed by atoms with van der Waals surface area (Å²) < 4.78 is 31.3. The minimum Gasteiger partial charge on any atom is -0.273 e. The molecule has 0 bridgehead atoms. The molecule has 0 atom stereocenters. The second-order valence-electron chi connectivity index (χ2n) is 2.93. The quantitative estimate of drug-likeness (QED) is 0.549. The van der Waals surface area contributed by atoms with E-state index in [-0.39, 0.29) is 22.5 Å². The molecule has 0 aromatic carbocycles. The van der Waals surface area contributed by atoms with E-state index in [0.717, 1.165) is 25.7 Å². The normalized spacial score (nSPS) is 20.1. The van der Waals surface area contributed by atoms with Gasteiger partial charge in [0.05, 0.1) is 0 Å².